The van der Waals surface area contributed by atoms with E-state index in [0.717, 1.165) is 16.6 Å². The van der Waals surface area contributed by atoms with Gasteiger partial charge in [0.25, 0.3) is 0 Å². The van der Waals surface area contributed by atoms with Crippen molar-refractivity contribution in [1.29, 1.82) is 0 Å². The van der Waals surface area contributed by atoms with Crippen LogP contribution in [0.15, 0.2) is 52.0 Å². The molecule has 3 rings (SSSR count). The Labute approximate surface area is 158 Å². The Bertz CT molecular complexity index is 847. The predicted octanol–water partition coefficient (Wildman–Crippen LogP) is 2.47. The van der Waals surface area contributed by atoms with Crippen molar-refractivity contribution in [3.8, 4) is 5.75 Å². The summed E-state index contributed by atoms with van der Waals surface area (Å²) < 4.78 is 5.09. The van der Waals surface area contributed by atoms with Crippen LogP contribution in [0.25, 0.3) is 0 Å². The summed E-state index contributed by atoms with van der Waals surface area (Å²) in [5.74, 6) is 0.0665. The number of nitrogens with two attached hydrogens (primary N) is 1. The zero-order valence-electron chi connectivity index (χ0n) is 13.9. The molecular weight excluding hydrogens is 372 g/mol. The van der Waals surface area contributed by atoms with Gasteiger partial charge in [0.05, 0.1) is 19.0 Å². The first-order chi connectivity index (χ1) is 12.6. The molecule has 7 nitrogen and oxygen atoms in total. The van der Waals surface area contributed by atoms with Crippen molar-refractivity contribution >= 4 is 52.0 Å². The topological polar surface area (TPSA) is 97.3 Å². The molecule has 26 heavy (non-hydrogen) atoms. The highest BCUT2D eigenvalue weighted by molar-refractivity contribution is 8.14. The first-order valence-electron chi connectivity index (χ1n) is 7.66. The summed E-state index contributed by atoms with van der Waals surface area (Å²) >= 11 is 2.57. The number of hydrogen-bond acceptors (Lipinski definition) is 7. The maximum absolute atomic E-state index is 12.6. The van der Waals surface area contributed by atoms with Gasteiger partial charge in [0.1, 0.15) is 11.0 Å². The Balaban J connectivity index is 1.66. The van der Waals surface area contributed by atoms with Crippen LogP contribution in [0.3, 0.4) is 0 Å². The Morgan fingerprint density at radius 1 is 1.35 bits per heavy atom. The number of hydrogen-bond donors (Lipinski definition) is 1. The minimum atomic E-state index is -0.606. The molecule has 0 aliphatic carbocycles. The summed E-state index contributed by atoms with van der Waals surface area (Å²) in [4.78, 5) is 26.9. The second kappa shape index (κ2) is 8.15. The van der Waals surface area contributed by atoms with Crippen molar-refractivity contribution in [2.24, 2.45) is 15.9 Å². The summed E-state index contributed by atoms with van der Waals surface area (Å²) in [5.41, 5.74) is 6.34. The molecule has 1 aliphatic heterocycles. The van der Waals surface area contributed by atoms with Crippen molar-refractivity contribution in [3.05, 3.63) is 46.7 Å². The number of methoxy groups -OCH3 is 1. The van der Waals surface area contributed by atoms with Crippen LogP contribution in [-0.4, -0.2) is 35.6 Å². The Hall–Kier alpha value is -2.65. The molecule has 0 spiro atoms. The zero-order chi connectivity index (χ0) is 18.5. The highest BCUT2D eigenvalue weighted by atomic mass is 32.2. The van der Waals surface area contributed by atoms with Gasteiger partial charge in [0.15, 0.2) is 5.17 Å². The third-order valence-electron chi connectivity index (χ3n) is 3.58. The van der Waals surface area contributed by atoms with Crippen LogP contribution in [0.1, 0.15) is 11.3 Å². The third-order valence-corrected chi connectivity index (χ3v) is 5.37. The van der Waals surface area contributed by atoms with E-state index in [0.29, 0.717) is 11.4 Å². The van der Waals surface area contributed by atoms with E-state index in [1.807, 2.05) is 17.5 Å². The molecule has 1 aromatic heterocycles. The Morgan fingerprint density at radius 3 is 2.77 bits per heavy atom. The lowest BCUT2D eigenvalue weighted by atomic mass is 10.3. The van der Waals surface area contributed by atoms with E-state index in [4.69, 9.17) is 10.5 Å². The molecule has 2 amide bonds. The molecule has 2 heterocycles. The normalized spacial score (nSPS) is 18.1. The second-order valence-corrected chi connectivity index (χ2v) is 7.48. The zero-order valence-corrected chi connectivity index (χ0v) is 15.5. The van der Waals surface area contributed by atoms with Gasteiger partial charge in [-0.3, -0.25) is 9.59 Å². The molecular formula is C17H16N4O3S2. The van der Waals surface area contributed by atoms with Crippen LogP contribution in [0.5, 0.6) is 5.75 Å². The van der Waals surface area contributed by atoms with Gasteiger partial charge in [-0.2, -0.15) is 5.10 Å². The number of benzene rings is 1. The smallest absolute Gasteiger partial charge is 0.247 e. The van der Waals surface area contributed by atoms with Crippen LogP contribution < -0.4 is 15.4 Å². The summed E-state index contributed by atoms with van der Waals surface area (Å²) in [7, 11) is 1.55. The van der Waals surface area contributed by atoms with Crippen molar-refractivity contribution in [2.45, 2.75) is 11.7 Å². The van der Waals surface area contributed by atoms with Crippen LogP contribution >= 0.6 is 23.1 Å². The molecule has 9 heteroatoms. The van der Waals surface area contributed by atoms with Crippen LogP contribution in [0, 0.1) is 0 Å². The van der Waals surface area contributed by atoms with Crippen molar-refractivity contribution in [2.75, 3.05) is 12.0 Å². The number of nitrogens with zero attached hydrogens (tertiary/aromatic N) is 3. The summed E-state index contributed by atoms with van der Waals surface area (Å²) in [6.45, 7) is 0. The summed E-state index contributed by atoms with van der Waals surface area (Å²) in [6.07, 6.45) is 1.66. The molecule has 1 fully saturated rings. The van der Waals surface area contributed by atoms with Crippen LogP contribution in [0.2, 0.25) is 0 Å². The number of imide groups is 1. The molecule has 1 saturated heterocycles. The SMILES string of the molecule is COc1ccc(N2C(=O)C[C@H](SC(N)=N/N=C\c3cccs3)C2=O)cc1. The Morgan fingerprint density at radius 2 is 2.12 bits per heavy atom. The fourth-order valence-electron chi connectivity index (χ4n) is 2.38. The summed E-state index contributed by atoms with van der Waals surface area (Å²) in [5, 5.41) is 9.24. The van der Waals surface area contributed by atoms with E-state index in [1.54, 1.807) is 37.6 Å². The monoisotopic (exact) mass is 388 g/mol. The van der Waals surface area contributed by atoms with Crippen molar-refractivity contribution < 1.29 is 14.3 Å². The molecule has 1 aliphatic rings. The molecule has 0 unspecified atom stereocenters. The van der Waals surface area contributed by atoms with Crippen molar-refractivity contribution in [3.63, 3.8) is 0 Å². The van der Waals surface area contributed by atoms with Gasteiger partial charge < -0.3 is 10.5 Å². The maximum atomic E-state index is 12.6. The number of thiophene rings is 1. The van der Waals surface area contributed by atoms with Crippen molar-refractivity contribution in [1.82, 2.24) is 0 Å². The first-order valence-corrected chi connectivity index (χ1v) is 9.42. The molecule has 1 atom stereocenters. The molecule has 134 valence electrons. The molecule has 0 radical (unpaired) electrons. The van der Waals surface area contributed by atoms with Gasteiger partial charge in [-0.25, -0.2) is 4.90 Å². The molecule has 0 bridgehead atoms. The second-order valence-electron chi connectivity index (χ2n) is 5.27. The van der Waals surface area contributed by atoms with Gasteiger partial charge >= 0.3 is 0 Å². The molecule has 2 aromatic rings. The van der Waals surface area contributed by atoms with Crippen LogP contribution in [0.4, 0.5) is 5.69 Å². The highest BCUT2D eigenvalue weighted by Gasteiger charge is 2.40. The average Bonchev–Trinajstić information content (AvgIpc) is 3.24. The minimum absolute atomic E-state index is 0.0698. The van der Waals surface area contributed by atoms with E-state index >= 15 is 0 Å². The number of carbonyl (C=O) groups is 2. The van der Waals surface area contributed by atoms with Crippen LogP contribution in [-0.2, 0) is 9.59 Å². The number of thioether (sulfide) groups is 1. The van der Waals surface area contributed by atoms with E-state index in [-0.39, 0.29) is 23.4 Å². The lowest BCUT2D eigenvalue weighted by molar-refractivity contribution is -0.121. The number of carbonyl (C=O) groups excluding carboxylic acids is 2. The molecule has 2 N–H and O–H groups in total. The maximum Gasteiger partial charge on any atom is 0.247 e. The van der Waals surface area contributed by atoms with Gasteiger partial charge in [0, 0.05) is 11.3 Å². The number of rotatable bonds is 5. The minimum Gasteiger partial charge on any atom is -0.497 e. The highest BCUT2D eigenvalue weighted by Crippen LogP contribution is 2.30. The average molecular weight is 388 g/mol. The van der Waals surface area contributed by atoms with E-state index in [2.05, 4.69) is 10.2 Å². The molecule has 1 aromatic carbocycles. The first kappa shape index (κ1) is 18.2. The fourth-order valence-corrected chi connectivity index (χ4v) is 3.77. The number of amides is 2. The lowest BCUT2D eigenvalue weighted by Gasteiger charge is -2.15. The molecule has 0 saturated carbocycles. The standard InChI is InChI=1S/C17H16N4O3S2/c1-24-12-6-4-11(5-7-12)21-15(22)9-14(16(21)23)26-17(18)20-19-10-13-3-2-8-25-13/h2-8,10,14H,9H2,1H3,(H2,18,20)/b19-10-/t14-/m0/s1. The third kappa shape index (κ3) is 4.12. The Kier molecular flexibility index (Phi) is 5.69. The van der Waals surface area contributed by atoms with Gasteiger partial charge in [-0.1, -0.05) is 17.8 Å². The number of ether oxygens (including phenoxy) is 1. The largest absolute Gasteiger partial charge is 0.497 e. The fraction of sp³-hybridized carbons (Fsp3) is 0.176. The lowest BCUT2D eigenvalue weighted by Crippen LogP contribution is -2.31. The van der Waals surface area contributed by atoms with Gasteiger partial charge in [0.2, 0.25) is 11.8 Å². The predicted molar refractivity (Wildman–Crippen MR) is 105 cm³/mol. The van der Waals surface area contributed by atoms with Gasteiger partial charge in [-0.05, 0) is 35.7 Å². The summed E-state index contributed by atoms with van der Waals surface area (Å²) in [6, 6.07) is 10.6. The van der Waals surface area contributed by atoms with Gasteiger partial charge in [-0.15, -0.1) is 16.4 Å². The quantitative estimate of drug-likeness (QED) is 0.367. The van der Waals surface area contributed by atoms with E-state index < -0.39 is 5.25 Å². The number of anilines is 1. The number of amidine groups is 1. The van der Waals surface area contributed by atoms with E-state index in [9.17, 15) is 9.59 Å². The van der Waals surface area contributed by atoms with E-state index in [1.165, 1.54) is 16.2 Å².